The molecule has 17 heavy (non-hydrogen) atoms. The molecule has 0 fully saturated rings. The number of hydrogen-bond donors (Lipinski definition) is 2. The first-order chi connectivity index (χ1) is 7.81. The minimum absolute atomic E-state index is 0.0634. The summed E-state index contributed by atoms with van der Waals surface area (Å²) in [5.41, 5.74) is 6.43. The van der Waals surface area contributed by atoms with Crippen molar-refractivity contribution in [1.82, 2.24) is 4.98 Å². The molecule has 1 aromatic rings. The Bertz CT molecular complexity index is 379. The monoisotopic (exact) mass is 239 g/mol. The Morgan fingerprint density at radius 3 is 2.65 bits per heavy atom. The number of hydrogen-bond acceptors (Lipinski definition) is 4. The number of aryl methyl sites for hydroxylation is 1. The van der Waals surface area contributed by atoms with Crippen molar-refractivity contribution in [2.75, 3.05) is 11.9 Å². The third-order valence-electron chi connectivity index (χ3n) is 2.36. The molecular weight excluding hydrogens is 218 g/mol. The highest BCUT2D eigenvalue weighted by atomic mass is 16.4. The fourth-order valence-electron chi connectivity index (χ4n) is 1.64. The maximum atomic E-state index is 11.9. The van der Waals surface area contributed by atoms with E-state index in [0.717, 1.165) is 12.1 Å². The van der Waals surface area contributed by atoms with Crippen molar-refractivity contribution in [1.29, 1.82) is 0 Å². The van der Waals surface area contributed by atoms with Crippen LogP contribution in [0, 0.1) is 18.3 Å². The van der Waals surface area contributed by atoms with Gasteiger partial charge in [0, 0.05) is 6.54 Å². The quantitative estimate of drug-likeness (QED) is 0.841. The van der Waals surface area contributed by atoms with Crippen molar-refractivity contribution in [3.8, 4) is 0 Å². The molecule has 0 aliphatic rings. The second-order valence-electron chi connectivity index (χ2n) is 5.48. The summed E-state index contributed by atoms with van der Waals surface area (Å²) in [6, 6.07) is 0.236. The van der Waals surface area contributed by atoms with E-state index in [2.05, 4.69) is 31.1 Å². The standard InChI is InChI=1S/C12H21N3O2/c1-8-7-17-11(14-8)15-10(16)9(6-13)5-12(2,3)4/h7,9H,5-6,13H2,1-4H3,(H,14,15,16). The summed E-state index contributed by atoms with van der Waals surface area (Å²) in [6.45, 7) is 8.37. The van der Waals surface area contributed by atoms with Crippen LogP contribution in [0.25, 0.3) is 0 Å². The van der Waals surface area contributed by atoms with Gasteiger partial charge in [0.15, 0.2) is 0 Å². The first-order valence-electron chi connectivity index (χ1n) is 5.75. The van der Waals surface area contributed by atoms with E-state index in [1.54, 1.807) is 6.92 Å². The van der Waals surface area contributed by atoms with Gasteiger partial charge < -0.3 is 10.2 Å². The summed E-state index contributed by atoms with van der Waals surface area (Å²) in [4.78, 5) is 16.0. The Morgan fingerprint density at radius 1 is 1.59 bits per heavy atom. The number of nitrogens with zero attached hydrogens (tertiary/aromatic N) is 1. The van der Waals surface area contributed by atoms with Crippen molar-refractivity contribution in [3.63, 3.8) is 0 Å². The normalized spacial score (nSPS) is 13.5. The number of aromatic nitrogens is 1. The Kier molecular flexibility index (Phi) is 4.28. The number of carbonyl (C=O) groups is 1. The number of rotatable bonds is 4. The summed E-state index contributed by atoms with van der Waals surface area (Å²) >= 11 is 0. The highest BCUT2D eigenvalue weighted by Gasteiger charge is 2.24. The molecule has 5 heteroatoms. The number of oxazole rings is 1. The van der Waals surface area contributed by atoms with Gasteiger partial charge in [-0.2, -0.15) is 4.98 Å². The van der Waals surface area contributed by atoms with Gasteiger partial charge in [0.1, 0.15) is 6.26 Å². The van der Waals surface area contributed by atoms with Crippen molar-refractivity contribution in [2.45, 2.75) is 34.1 Å². The molecule has 1 unspecified atom stereocenters. The SMILES string of the molecule is Cc1coc(NC(=O)C(CN)CC(C)(C)C)n1. The molecule has 1 rings (SSSR count). The fourth-order valence-corrected chi connectivity index (χ4v) is 1.64. The zero-order valence-electron chi connectivity index (χ0n) is 10.9. The van der Waals surface area contributed by atoms with Crippen LogP contribution in [0.2, 0.25) is 0 Å². The third kappa shape index (κ3) is 4.56. The minimum Gasteiger partial charge on any atom is -0.432 e. The molecular formula is C12H21N3O2. The molecule has 5 nitrogen and oxygen atoms in total. The predicted molar refractivity (Wildman–Crippen MR) is 66.5 cm³/mol. The Morgan fingerprint density at radius 2 is 2.24 bits per heavy atom. The van der Waals surface area contributed by atoms with E-state index in [0.29, 0.717) is 6.54 Å². The smallest absolute Gasteiger partial charge is 0.301 e. The molecule has 0 saturated carbocycles. The van der Waals surface area contributed by atoms with Gasteiger partial charge >= 0.3 is 6.01 Å². The molecule has 0 spiro atoms. The van der Waals surface area contributed by atoms with Gasteiger partial charge in [-0.3, -0.25) is 10.1 Å². The van der Waals surface area contributed by atoms with E-state index in [4.69, 9.17) is 10.2 Å². The van der Waals surface area contributed by atoms with Crippen LogP contribution in [0.5, 0.6) is 0 Å². The molecule has 0 aliphatic carbocycles. The van der Waals surface area contributed by atoms with Crippen LogP contribution in [0.15, 0.2) is 10.7 Å². The van der Waals surface area contributed by atoms with Crippen LogP contribution < -0.4 is 11.1 Å². The van der Waals surface area contributed by atoms with Gasteiger partial charge in [0.25, 0.3) is 0 Å². The average Bonchev–Trinajstić information content (AvgIpc) is 2.59. The molecule has 1 heterocycles. The van der Waals surface area contributed by atoms with Crippen LogP contribution >= 0.6 is 0 Å². The summed E-state index contributed by atoms with van der Waals surface area (Å²) < 4.78 is 5.08. The van der Waals surface area contributed by atoms with Crippen LogP contribution in [0.4, 0.5) is 6.01 Å². The first kappa shape index (κ1) is 13.7. The molecule has 1 amide bonds. The Labute approximate surface area is 102 Å². The number of nitrogens with two attached hydrogens (primary N) is 1. The summed E-state index contributed by atoms with van der Waals surface area (Å²) in [7, 11) is 0. The molecule has 96 valence electrons. The lowest BCUT2D eigenvalue weighted by atomic mass is 9.84. The van der Waals surface area contributed by atoms with Gasteiger partial charge in [-0.15, -0.1) is 0 Å². The van der Waals surface area contributed by atoms with Crippen LogP contribution in [0.3, 0.4) is 0 Å². The van der Waals surface area contributed by atoms with Gasteiger partial charge in [-0.25, -0.2) is 0 Å². The maximum absolute atomic E-state index is 11.9. The van der Waals surface area contributed by atoms with E-state index >= 15 is 0 Å². The van der Waals surface area contributed by atoms with Crippen molar-refractivity contribution < 1.29 is 9.21 Å². The number of nitrogens with one attached hydrogen (secondary N) is 1. The maximum Gasteiger partial charge on any atom is 0.301 e. The van der Waals surface area contributed by atoms with Crippen LogP contribution in [-0.2, 0) is 4.79 Å². The lowest BCUT2D eigenvalue weighted by Gasteiger charge is -2.23. The largest absolute Gasteiger partial charge is 0.432 e. The molecule has 0 saturated heterocycles. The van der Waals surface area contributed by atoms with E-state index < -0.39 is 0 Å². The minimum atomic E-state index is -0.220. The first-order valence-corrected chi connectivity index (χ1v) is 5.75. The second kappa shape index (κ2) is 5.31. The van der Waals surface area contributed by atoms with Crippen LogP contribution in [-0.4, -0.2) is 17.4 Å². The summed E-state index contributed by atoms with van der Waals surface area (Å²) in [5.74, 6) is -0.355. The topological polar surface area (TPSA) is 81.2 Å². The Hall–Kier alpha value is -1.36. The van der Waals surface area contributed by atoms with Crippen molar-refractivity contribution >= 4 is 11.9 Å². The molecule has 1 aromatic heterocycles. The second-order valence-corrected chi connectivity index (χ2v) is 5.48. The van der Waals surface area contributed by atoms with E-state index in [-0.39, 0.29) is 23.3 Å². The number of amides is 1. The number of carbonyl (C=O) groups excluding carboxylic acids is 1. The molecule has 0 bridgehead atoms. The zero-order chi connectivity index (χ0) is 13.1. The molecule has 1 atom stereocenters. The molecule has 0 aliphatic heterocycles. The summed E-state index contributed by atoms with van der Waals surface area (Å²) in [5, 5.41) is 2.64. The van der Waals surface area contributed by atoms with Crippen LogP contribution in [0.1, 0.15) is 32.9 Å². The highest BCUT2D eigenvalue weighted by molar-refractivity contribution is 5.90. The van der Waals surface area contributed by atoms with E-state index in [1.807, 2.05) is 0 Å². The van der Waals surface area contributed by atoms with Crippen molar-refractivity contribution in [2.24, 2.45) is 17.1 Å². The lowest BCUT2D eigenvalue weighted by molar-refractivity contribution is -0.120. The molecule has 0 aromatic carbocycles. The zero-order valence-corrected chi connectivity index (χ0v) is 10.9. The third-order valence-corrected chi connectivity index (χ3v) is 2.36. The predicted octanol–water partition coefficient (Wildman–Crippen LogP) is 1.93. The lowest BCUT2D eigenvalue weighted by Crippen LogP contribution is -2.32. The van der Waals surface area contributed by atoms with Gasteiger partial charge in [-0.05, 0) is 18.8 Å². The molecule has 3 N–H and O–H groups in total. The van der Waals surface area contributed by atoms with Gasteiger partial charge in [0.2, 0.25) is 5.91 Å². The van der Waals surface area contributed by atoms with E-state index in [9.17, 15) is 4.79 Å². The van der Waals surface area contributed by atoms with E-state index in [1.165, 1.54) is 6.26 Å². The van der Waals surface area contributed by atoms with Gasteiger partial charge in [-0.1, -0.05) is 20.8 Å². The summed E-state index contributed by atoms with van der Waals surface area (Å²) in [6.07, 6.45) is 2.23. The van der Waals surface area contributed by atoms with Crippen molar-refractivity contribution in [3.05, 3.63) is 12.0 Å². The number of anilines is 1. The molecule has 0 radical (unpaired) electrons. The highest BCUT2D eigenvalue weighted by Crippen LogP contribution is 2.24. The fraction of sp³-hybridized carbons (Fsp3) is 0.667. The average molecular weight is 239 g/mol. The Balaban J connectivity index is 2.61. The van der Waals surface area contributed by atoms with Gasteiger partial charge in [0.05, 0.1) is 11.6 Å².